The second-order valence-electron chi connectivity index (χ2n) is 6.36. The Kier molecular flexibility index (Phi) is 3.33. The highest BCUT2D eigenvalue weighted by molar-refractivity contribution is 6.35. The van der Waals surface area contributed by atoms with Crippen LogP contribution in [0.25, 0.3) is 23.3 Å². The van der Waals surface area contributed by atoms with E-state index in [4.69, 9.17) is 4.42 Å². The minimum absolute atomic E-state index is 0.156. The smallest absolute Gasteiger partial charge is 0.256 e. The molecule has 5 nitrogen and oxygen atoms in total. The lowest BCUT2D eigenvalue weighted by molar-refractivity contribution is -0.111. The van der Waals surface area contributed by atoms with Crippen molar-refractivity contribution in [1.82, 2.24) is 0 Å². The number of furan rings is 1. The molecule has 5 heteroatoms. The molecule has 0 atom stereocenters. The van der Waals surface area contributed by atoms with E-state index in [-0.39, 0.29) is 11.8 Å². The van der Waals surface area contributed by atoms with Crippen LogP contribution in [0.1, 0.15) is 22.6 Å². The topological polar surface area (TPSA) is 71.3 Å². The summed E-state index contributed by atoms with van der Waals surface area (Å²) in [5, 5.41) is 5.67. The van der Waals surface area contributed by atoms with Gasteiger partial charge in [-0.15, -0.1) is 0 Å². The molecular formula is C22H14N2O3. The second kappa shape index (κ2) is 5.85. The maximum Gasteiger partial charge on any atom is 0.256 e. The van der Waals surface area contributed by atoms with E-state index in [0.717, 1.165) is 22.5 Å². The van der Waals surface area contributed by atoms with E-state index in [1.54, 1.807) is 24.3 Å². The molecule has 3 aromatic rings. The molecule has 2 N–H and O–H groups in total. The third kappa shape index (κ3) is 2.57. The van der Waals surface area contributed by atoms with Crippen LogP contribution >= 0.6 is 0 Å². The summed E-state index contributed by atoms with van der Waals surface area (Å²) in [6.45, 7) is 0. The van der Waals surface area contributed by atoms with Crippen molar-refractivity contribution >= 4 is 46.5 Å². The minimum Gasteiger partial charge on any atom is -0.457 e. The fourth-order valence-corrected chi connectivity index (χ4v) is 3.37. The van der Waals surface area contributed by atoms with Gasteiger partial charge in [0.25, 0.3) is 11.8 Å². The quantitative estimate of drug-likeness (QED) is 0.675. The number of para-hydroxylation sites is 2. The van der Waals surface area contributed by atoms with Crippen LogP contribution in [0.15, 0.2) is 65.1 Å². The van der Waals surface area contributed by atoms with Gasteiger partial charge in [-0.1, -0.05) is 36.4 Å². The molecule has 2 amide bonds. The zero-order valence-corrected chi connectivity index (χ0v) is 14.2. The molecule has 2 aliphatic heterocycles. The summed E-state index contributed by atoms with van der Waals surface area (Å²) in [6, 6.07) is 18.6. The summed E-state index contributed by atoms with van der Waals surface area (Å²) >= 11 is 0. The van der Waals surface area contributed by atoms with Crippen LogP contribution in [0, 0.1) is 0 Å². The van der Waals surface area contributed by atoms with E-state index >= 15 is 0 Å². The molecule has 0 fully saturated rings. The van der Waals surface area contributed by atoms with E-state index in [0.29, 0.717) is 22.7 Å². The molecular weight excluding hydrogens is 340 g/mol. The Morgan fingerprint density at radius 3 is 1.56 bits per heavy atom. The van der Waals surface area contributed by atoms with E-state index in [2.05, 4.69) is 10.6 Å². The lowest BCUT2D eigenvalue weighted by Gasteiger charge is -1.97. The van der Waals surface area contributed by atoms with Gasteiger partial charge in [0.2, 0.25) is 0 Å². The average Bonchev–Trinajstić information content (AvgIpc) is 3.33. The maximum atomic E-state index is 12.2. The van der Waals surface area contributed by atoms with Gasteiger partial charge in [0.1, 0.15) is 11.5 Å². The molecule has 0 saturated heterocycles. The monoisotopic (exact) mass is 354 g/mol. The third-order valence-corrected chi connectivity index (χ3v) is 4.64. The summed E-state index contributed by atoms with van der Waals surface area (Å²) in [4.78, 5) is 24.4. The molecule has 3 heterocycles. The second-order valence-corrected chi connectivity index (χ2v) is 6.36. The molecule has 0 spiro atoms. The van der Waals surface area contributed by atoms with Gasteiger partial charge in [0, 0.05) is 22.5 Å². The first kappa shape index (κ1) is 15.4. The summed E-state index contributed by atoms with van der Waals surface area (Å²) < 4.78 is 5.82. The predicted octanol–water partition coefficient (Wildman–Crippen LogP) is 4.27. The molecule has 0 bridgehead atoms. The predicted molar refractivity (Wildman–Crippen MR) is 105 cm³/mol. The van der Waals surface area contributed by atoms with Crippen molar-refractivity contribution in [3.05, 3.63) is 83.3 Å². The Hall–Kier alpha value is -3.86. The summed E-state index contributed by atoms with van der Waals surface area (Å²) in [5.74, 6) is 0.791. The lowest BCUT2D eigenvalue weighted by atomic mass is 10.1. The van der Waals surface area contributed by atoms with E-state index in [9.17, 15) is 9.59 Å². The highest BCUT2D eigenvalue weighted by atomic mass is 16.3. The first-order valence-electron chi connectivity index (χ1n) is 8.54. The van der Waals surface area contributed by atoms with Crippen LogP contribution in [0.2, 0.25) is 0 Å². The fraction of sp³-hybridized carbons (Fsp3) is 0. The van der Waals surface area contributed by atoms with Crippen LogP contribution in [-0.2, 0) is 9.59 Å². The van der Waals surface area contributed by atoms with Crippen molar-refractivity contribution in [3.8, 4) is 0 Å². The number of carbonyl (C=O) groups excluding carboxylic acids is 2. The molecule has 27 heavy (non-hydrogen) atoms. The molecule has 2 aliphatic rings. The Labute approximate surface area is 155 Å². The summed E-state index contributed by atoms with van der Waals surface area (Å²) in [7, 11) is 0. The van der Waals surface area contributed by atoms with Crippen molar-refractivity contribution in [2.75, 3.05) is 10.6 Å². The first-order valence-corrected chi connectivity index (χ1v) is 8.54. The molecule has 0 aliphatic carbocycles. The van der Waals surface area contributed by atoms with Gasteiger partial charge in [-0.05, 0) is 36.4 Å². The van der Waals surface area contributed by atoms with Gasteiger partial charge < -0.3 is 15.1 Å². The lowest BCUT2D eigenvalue weighted by Crippen LogP contribution is -2.03. The highest BCUT2D eigenvalue weighted by Crippen LogP contribution is 2.34. The van der Waals surface area contributed by atoms with Crippen LogP contribution in [0.3, 0.4) is 0 Å². The number of anilines is 2. The van der Waals surface area contributed by atoms with Gasteiger partial charge in [0.05, 0.1) is 11.1 Å². The molecule has 0 unspecified atom stereocenters. The van der Waals surface area contributed by atoms with E-state index < -0.39 is 0 Å². The van der Waals surface area contributed by atoms with Gasteiger partial charge in [-0.25, -0.2) is 0 Å². The van der Waals surface area contributed by atoms with Crippen molar-refractivity contribution in [2.45, 2.75) is 0 Å². The summed E-state index contributed by atoms with van der Waals surface area (Å²) in [6.07, 6.45) is 3.43. The molecule has 0 radical (unpaired) electrons. The molecule has 5 rings (SSSR count). The van der Waals surface area contributed by atoms with Crippen molar-refractivity contribution in [2.24, 2.45) is 0 Å². The van der Waals surface area contributed by atoms with Gasteiger partial charge in [-0.3, -0.25) is 9.59 Å². The normalized spacial score (nSPS) is 17.8. The number of benzene rings is 2. The molecule has 2 aromatic carbocycles. The largest absolute Gasteiger partial charge is 0.457 e. The zero-order valence-electron chi connectivity index (χ0n) is 14.2. The molecule has 130 valence electrons. The zero-order chi connectivity index (χ0) is 18.4. The average molecular weight is 354 g/mol. The van der Waals surface area contributed by atoms with Gasteiger partial charge in [-0.2, -0.15) is 0 Å². The van der Waals surface area contributed by atoms with Crippen molar-refractivity contribution < 1.29 is 14.0 Å². The van der Waals surface area contributed by atoms with Crippen LogP contribution in [0.5, 0.6) is 0 Å². The Morgan fingerprint density at radius 1 is 0.630 bits per heavy atom. The van der Waals surface area contributed by atoms with Gasteiger partial charge in [0.15, 0.2) is 0 Å². The summed E-state index contributed by atoms with van der Waals surface area (Å²) in [5.41, 5.74) is 4.40. The number of amides is 2. The van der Waals surface area contributed by atoms with E-state index in [1.807, 2.05) is 48.5 Å². The molecule has 1 aromatic heterocycles. The Morgan fingerprint density at radius 2 is 1.07 bits per heavy atom. The van der Waals surface area contributed by atoms with Crippen LogP contribution < -0.4 is 10.6 Å². The number of rotatable bonds is 2. The number of hydrogen-bond acceptors (Lipinski definition) is 3. The third-order valence-electron chi connectivity index (χ3n) is 4.64. The maximum absolute atomic E-state index is 12.2. The Balaban J connectivity index is 1.50. The standard InChI is InChI=1S/C22H14N2O3/c25-21-17(15-5-1-3-7-19(15)23-21)11-13-9-10-14(27-13)12-18-16-6-2-4-8-20(16)24-22(18)26/h1-12H,(H,23,25)(H,24,26). The Bertz CT molecular complexity index is 1080. The first-order chi connectivity index (χ1) is 13.2. The SMILES string of the molecule is O=C1Nc2ccccc2C1=Cc1ccc(C=C2C(=O)Nc3ccccc32)o1. The number of nitrogens with one attached hydrogen (secondary N) is 2. The number of carbonyl (C=O) groups is 2. The highest BCUT2D eigenvalue weighted by Gasteiger charge is 2.25. The van der Waals surface area contributed by atoms with Gasteiger partial charge >= 0.3 is 0 Å². The minimum atomic E-state index is -0.156. The number of fused-ring (bicyclic) bond motifs is 2. The van der Waals surface area contributed by atoms with Crippen molar-refractivity contribution in [1.29, 1.82) is 0 Å². The fourth-order valence-electron chi connectivity index (χ4n) is 3.37. The number of hydrogen-bond donors (Lipinski definition) is 2. The van der Waals surface area contributed by atoms with Crippen molar-refractivity contribution in [3.63, 3.8) is 0 Å². The van der Waals surface area contributed by atoms with Crippen LogP contribution in [-0.4, -0.2) is 11.8 Å². The molecule has 0 saturated carbocycles. The van der Waals surface area contributed by atoms with Crippen LogP contribution in [0.4, 0.5) is 11.4 Å². The van der Waals surface area contributed by atoms with E-state index in [1.165, 1.54) is 0 Å².